The maximum absolute atomic E-state index is 7.26. The number of rotatable bonds is 7. The molecule has 306 valence electrons. The highest BCUT2D eigenvalue weighted by atomic mass is 16.3. The van der Waals surface area contributed by atoms with Gasteiger partial charge in [0.1, 0.15) is 16.9 Å². The number of para-hydroxylation sites is 1. The van der Waals surface area contributed by atoms with Gasteiger partial charge in [0.05, 0.1) is 27.7 Å². The molecule has 0 unspecified atom stereocenters. The average molecular weight is 831 g/mol. The van der Waals surface area contributed by atoms with E-state index in [0.29, 0.717) is 5.70 Å². The van der Waals surface area contributed by atoms with Crippen molar-refractivity contribution < 1.29 is 4.42 Å². The molecule has 2 aromatic heterocycles. The van der Waals surface area contributed by atoms with Gasteiger partial charge in [-0.3, -0.25) is 0 Å². The molecular formula is C62H42N2O. The third kappa shape index (κ3) is 6.66. The highest BCUT2D eigenvalue weighted by Crippen LogP contribution is 2.44. The molecule has 0 aliphatic heterocycles. The van der Waals surface area contributed by atoms with Crippen molar-refractivity contribution in [2.75, 3.05) is 0 Å². The molecule has 0 bridgehead atoms. The molecule has 0 spiro atoms. The van der Waals surface area contributed by atoms with E-state index in [9.17, 15) is 0 Å². The summed E-state index contributed by atoms with van der Waals surface area (Å²) in [7, 11) is 0. The van der Waals surface area contributed by atoms with Crippen molar-refractivity contribution in [3.8, 4) is 27.9 Å². The van der Waals surface area contributed by atoms with E-state index >= 15 is 0 Å². The molecule has 0 N–H and O–H groups in total. The number of furan rings is 1. The van der Waals surface area contributed by atoms with Gasteiger partial charge in [-0.05, 0) is 99.8 Å². The van der Waals surface area contributed by atoms with Gasteiger partial charge in [0.25, 0.3) is 0 Å². The summed E-state index contributed by atoms with van der Waals surface area (Å²) in [6.45, 7) is 4.21. The molecule has 3 heteroatoms. The van der Waals surface area contributed by atoms with E-state index < -0.39 is 0 Å². The zero-order valence-corrected chi connectivity index (χ0v) is 36.1. The third-order valence-electron chi connectivity index (χ3n) is 12.9. The Bertz CT molecular complexity index is 3900. The maximum Gasteiger partial charge on any atom is 0.147 e. The van der Waals surface area contributed by atoms with Crippen LogP contribution in [0.2, 0.25) is 0 Å². The number of benzene rings is 10. The molecular weight excluding hydrogens is 789 g/mol. The first-order chi connectivity index (χ1) is 32.1. The topological polar surface area (TPSA) is 30.4 Å². The number of hydrogen-bond donors (Lipinski definition) is 0. The first-order valence-electron chi connectivity index (χ1n) is 22.2. The normalized spacial score (nSPS) is 11.9. The third-order valence-corrected chi connectivity index (χ3v) is 12.9. The molecule has 0 aliphatic carbocycles. The molecule has 0 amide bonds. The van der Waals surface area contributed by atoms with Crippen molar-refractivity contribution in [1.29, 1.82) is 0 Å². The number of aromatic nitrogens is 1. The molecule has 0 fully saturated rings. The van der Waals surface area contributed by atoms with Gasteiger partial charge in [-0.1, -0.05) is 188 Å². The van der Waals surface area contributed by atoms with Gasteiger partial charge < -0.3 is 8.98 Å². The van der Waals surface area contributed by atoms with Crippen LogP contribution < -0.4 is 0 Å². The van der Waals surface area contributed by atoms with Crippen molar-refractivity contribution in [3.05, 3.63) is 241 Å². The molecule has 12 rings (SSSR count). The van der Waals surface area contributed by atoms with Crippen LogP contribution in [0.25, 0.3) is 105 Å². The smallest absolute Gasteiger partial charge is 0.147 e. The monoisotopic (exact) mass is 830 g/mol. The summed E-state index contributed by atoms with van der Waals surface area (Å²) in [5.74, 6) is 0. The second-order valence-electron chi connectivity index (χ2n) is 16.9. The van der Waals surface area contributed by atoms with Gasteiger partial charge in [0.2, 0.25) is 0 Å². The Morgan fingerprint density at radius 1 is 0.431 bits per heavy atom. The van der Waals surface area contributed by atoms with Gasteiger partial charge in [0, 0.05) is 32.8 Å². The van der Waals surface area contributed by atoms with Gasteiger partial charge in [-0.2, -0.15) is 0 Å². The van der Waals surface area contributed by atoms with Crippen molar-refractivity contribution in [3.63, 3.8) is 0 Å². The van der Waals surface area contributed by atoms with Crippen LogP contribution in [0, 0.1) is 0 Å². The minimum atomic E-state index is 0.701. The number of fused-ring (bicyclic) bond motifs is 9. The molecule has 12 aromatic rings. The van der Waals surface area contributed by atoms with Gasteiger partial charge in [-0.25, -0.2) is 4.99 Å². The molecule has 0 radical (unpaired) electrons. The molecule has 10 aromatic carbocycles. The Morgan fingerprint density at radius 2 is 1.00 bits per heavy atom. The lowest BCUT2D eigenvalue weighted by Gasteiger charge is -2.13. The van der Waals surface area contributed by atoms with Crippen LogP contribution in [0.15, 0.2) is 234 Å². The maximum atomic E-state index is 7.26. The second-order valence-corrected chi connectivity index (χ2v) is 16.9. The van der Waals surface area contributed by atoms with E-state index in [1.54, 1.807) is 0 Å². The summed E-state index contributed by atoms with van der Waals surface area (Å²) in [5.41, 5.74) is 19.0. The molecule has 0 saturated heterocycles. The van der Waals surface area contributed by atoms with E-state index in [1.807, 2.05) is 6.07 Å². The lowest BCUT2D eigenvalue weighted by atomic mass is 9.99. The van der Waals surface area contributed by atoms with Crippen LogP contribution in [0.3, 0.4) is 0 Å². The Balaban J connectivity index is 1.12. The Labute approximate surface area is 377 Å². The van der Waals surface area contributed by atoms with Crippen LogP contribution in [0.5, 0.6) is 0 Å². The van der Waals surface area contributed by atoms with E-state index in [0.717, 1.165) is 83.0 Å². The van der Waals surface area contributed by atoms with Crippen molar-refractivity contribution >= 4 is 82.3 Å². The minimum absolute atomic E-state index is 0.701. The number of nitrogens with zero attached hydrogens (tertiary/aromatic N) is 2. The number of hydrogen-bond acceptors (Lipinski definition) is 2. The average Bonchev–Trinajstić information content (AvgIpc) is 3.92. The standard InChI is InChI=1S/C62H42N2O/c1-40(42-25-29-46(30-26-42)44-15-5-3-6-16-44)37-56(63-41(2)43-27-31-47(32-28-43)45-17-7-4-8-18-45)53-35-36-58(60-54-34-33-48-19-11-12-22-51(48)61(54)65-62(53)60)64-57-24-14-13-23-52(57)55-38-49-20-9-10-21-50(49)39-59(55)64/h3-36,38-39H,1-2H3/b63-41+. The Morgan fingerprint density at radius 3 is 1.69 bits per heavy atom. The van der Waals surface area contributed by atoms with Crippen LogP contribution in [-0.2, 0) is 0 Å². The van der Waals surface area contributed by atoms with Crippen LogP contribution in [-0.4, -0.2) is 10.3 Å². The van der Waals surface area contributed by atoms with Crippen LogP contribution in [0.4, 0.5) is 0 Å². The van der Waals surface area contributed by atoms with E-state index in [4.69, 9.17) is 9.41 Å². The lowest BCUT2D eigenvalue weighted by Crippen LogP contribution is -1.98. The lowest BCUT2D eigenvalue weighted by molar-refractivity contribution is 0.671. The van der Waals surface area contributed by atoms with Crippen LogP contribution >= 0.6 is 0 Å². The van der Waals surface area contributed by atoms with E-state index in [-0.39, 0.29) is 0 Å². The molecule has 0 atom stereocenters. The minimum Gasteiger partial charge on any atom is -0.455 e. The fourth-order valence-corrected chi connectivity index (χ4v) is 9.59. The van der Waals surface area contributed by atoms with Crippen molar-refractivity contribution in [2.45, 2.75) is 13.8 Å². The number of allylic oxidation sites excluding steroid dienone is 1. The molecule has 0 saturated carbocycles. The second kappa shape index (κ2) is 15.7. The van der Waals surface area contributed by atoms with Gasteiger partial charge in [0.15, 0.2) is 0 Å². The van der Waals surface area contributed by atoms with Crippen molar-refractivity contribution in [2.24, 2.45) is 4.99 Å². The summed E-state index contributed by atoms with van der Waals surface area (Å²) in [6.07, 6.45) is 0. The summed E-state index contributed by atoms with van der Waals surface area (Å²) in [6, 6.07) is 77.8. The van der Waals surface area contributed by atoms with Crippen LogP contribution in [0.1, 0.15) is 30.5 Å². The molecule has 2 heterocycles. The Kier molecular flexibility index (Phi) is 9.23. The summed E-state index contributed by atoms with van der Waals surface area (Å²) >= 11 is 0. The highest BCUT2D eigenvalue weighted by molar-refractivity contribution is 6.21. The molecule has 3 nitrogen and oxygen atoms in total. The Hall–Kier alpha value is -8.49. The summed E-state index contributed by atoms with van der Waals surface area (Å²) in [4.78, 5) is 5.49. The fraction of sp³-hybridized carbons (Fsp3) is 0.0323. The highest BCUT2D eigenvalue weighted by Gasteiger charge is 2.23. The fourth-order valence-electron chi connectivity index (χ4n) is 9.59. The van der Waals surface area contributed by atoms with Crippen molar-refractivity contribution in [1.82, 2.24) is 4.57 Å². The van der Waals surface area contributed by atoms with E-state index in [2.05, 4.69) is 236 Å². The molecule has 0 aliphatic rings. The largest absolute Gasteiger partial charge is 0.455 e. The zero-order valence-electron chi connectivity index (χ0n) is 36.1. The van der Waals surface area contributed by atoms with Gasteiger partial charge >= 0.3 is 0 Å². The molecule has 65 heavy (non-hydrogen) atoms. The predicted molar refractivity (Wildman–Crippen MR) is 275 cm³/mol. The quantitative estimate of drug-likeness (QED) is 0.116. The summed E-state index contributed by atoms with van der Waals surface area (Å²) < 4.78 is 9.69. The zero-order chi connectivity index (χ0) is 43.4. The van der Waals surface area contributed by atoms with E-state index in [1.165, 1.54) is 38.2 Å². The SMILES string of the molecule is CC(=C=C(/N=C(\C)c1ccc(-c2ccccc2)cc1)c1ccc(-n2c3ccccc3c3cc4ccccc4cc32)c2c1oc1c3ccccc3ccc12)c1ccc(-c2ccccc2)cc1. The summed E-state index contributed by atoms with van der Waals surface area (Å²) in [5, 5.41) is 9.12. The number of aliphatic imine (C=N–C) groups is 1. The predicted octanol–water partition coefficient (Wildman–Crippen LogP) is 16.9. The first kappa shape index (κ1) is 38.2. The first-order valence-corrected chi connectivity index (χ1v) is 22.2. The van der Waals surface area contributed by atoms with Gasteiger partial charge in [-0.15, -0.1) is 0 Å².